The summed E-state index contributed by atoms with van der Waals surface area (Å²) in [7, 11) is 0. The van der Waals surface area contributed by atoms with Crippen molar-refractivity contribution >= 4 is 0 Å². The first-order valence-corrected chi connectivity index (χ1v) is 7.75. The van der Waals surface area contributed by atoms with Crippen LogP contribution in [-0.4, -0.2) is 60.1 Å². The summed E-state index contributed by atoms with van der Waals surface area (Å²) in [6.07, 6.45) is 4.19. The van der Waals surface area contributed by atoms with E-state index in [0.29, 0.717) is 5.54 Å². The van der Waals surface area contributed by atoms with Gasteiger partial charge in [0, 0.05) is 37.3 Å². The Hall–Kier alpha value is -0.120. The second kappa shape index (κ2) is 4.77. The zero-order chi connectivity index (χ0) is 12.8. The minimum Gasteiger partial charge on any atom is -0.317 e. The summed E-state index contributed by atoms with van der Waals surface area (Å²) in [6.45, 7) is 13.6. The molecule has 0 aromatic heterocycles. The Morgan fingerprint density at radius 2 is 1.78 bits per heavy atom. The molecule has 3 nitrogen and oxygen atoms in total. The number of rotatable bonds is 2. The Bertz CT molecular complexity index is 291. The Labute approximate surface area is 112 Å². The average molecular weight is 251 g/mol. The van der Waals surface area contributed by atoms with Crippen molar-refractivity contribution in [2.45, 2.75) is 57.7 Å². The molecule has 3 aliphatic rings. The molecule has 3 heterocycles. The highest BCUT2D eigenvalue weighted by Crippen LogP contribution is 2.36. The highest BCUT2D eigenvalue weighted by molar-refractivity contribution is 5.03. The molecule has 0 aromatic rings. The Morgan fingerprint density at radius 1 is 1.06 bits per heavy atom. The quantitative estimate of drug-likeness (QED) is 0.803. The van der Waals surface area contributed by atoms with E-state index in [1.165, 1.54) is 52.0 Å². The molecule has 0 amide bonds. The molecular formula is C15H29N3. The predicted octanol–water partition coefficient (Wildman–Crippen LogP) is 1.54. The van der Waals surface area contributed by atoms with Crippen LogP contribution in [0.5, 0.6) is 0 Å². The molecule has 3 aliphatic heterocycles. The molecule has 0 unspecified atom stereocenters. The maximum Gasteiger partial charge on any atom is 0.0244 e. The first-order chi connectivity index (χ1) is 8.54. The van der Waals surface area contributed by atoms with Crippen molar-refractivity contribution in [2.75, 3.05) is 32.7 Å². The molecule has 3 rings (SSSR count). The normalized spacial score (nSPS) is 35.5. The first kappa shape index (κ1) is 12.9. The summed E-state index contributed by atoms with van der Waals surface area (Å²) in [4.78, 5) is 5.53. The summed E-state index contributed by atoms with van der Waals surface area (Å²) in [5, 5.41) is 3.47. The lowest BCUT2D eigenvalue weighted by atomic mass is 9.97. The van der Waals surface area contributed by atoms with Gasteiger partial charge in [-0.3, -0.25) is 9.80 Å². The molecule has 104 valence electrons. The van der Waals surface area contributed by atoms with Gasteiger partial charge >= 0.3 is 0 Å². The topological polar surface area (TPSA) is 18.5 Å². The highest BCUT2D eigenvalue weighted by atomic mass is 15.4. The summed E-state index contributed by atoms with van der Waals surface area (Å²) >= 11 is 0. The van der Waals surface area contributed by atoms with Crippen LogP contribution in [0.25, 0.3) is 0 Å². The van der Waals surface area contributed by atoms with Gasteiger partial charge in [-0.1, -0.05) is 0 Å². The third-order valence-corrected chi connectivity index (χ3v) is 5.17. The zero-order valence-corrected chi connectivity index (χ0v) is 12.3. The minimum atomic E-state index is 0.361. The van der Waals surface area contributed by atoms with Crippen LogP contribution in [0, 0.1) is 5.92 Å². The monoisotopic (exact) mass is 251 g/mol. The number of hydrogen-bond acceptors (Lipinski definition) is 3. The Kier molecular flexibility index (Phi) is 3.41. The first-order valence-electron chi connectivity index (χ1n) is 7.75. The predicted molar refractivity (Wildman–Crippen MR) is 75.8 cm³/mol. The number of likely N-dealkylation sites (tertiary alicyclic amines) is 2. The van der Waals surface area contributed by atoms with Crippen molar-refractivity contribution in [1.29, 1.82) is 0 Å². The van der Waals surface area contributed by atoms with E-state index in [-0.39, 0.29) is 0 Å². The highest BCUT2D eigenvalue weighted by Gasteiger charge is 2.46. The zero-order valence-electron chi connectivity index (χ0n) is 12.3. The molecule has 0 aliphatic carbocycles. The lowest BCUT2D eigenvalue weighted by Crippen LogP contribution is -2.54. The number of hydrogen-bond donors (Lipinski definition) is 1. The van der Waals surface area contributed by atoms with E-state index in [0.717, 1.165) is 18.0 Å². The van der Waals surface area contributed by atoms with E-state index in [2.05, 4.69) is 35.9 Å². The van der Waals surface area contributed by atoms with Crippen LogP contribution in [0.15, 0.2) is 0 Å². The van der Waals surface area contributed by atoms with E-state index in [1.807, 2.05) is 0 Å². The molecule has 2 atom stereocenters. The van der Waals surface area contributed by atoms with Crippen LogP contribution >= 0.6 is 0 Å². The second-order valence-corrected chi connectivity index (χ2v) is 7.51. The standard InChI is InChI=1S/C15H29N3/c1-15(2,3)18-11-13-8-14(18)10-17(13)9-12-4-6-16-7-5-12/h12-14,16H,4-11H2,1-3H3/t13-,14-/m1/s1. The molecule has 3 fully saturated rings. The molecule has 1 N–H and O–H groups in total. The van der Waals surface area contributed by atoms with Gasteiger partial charge in [0.05, 0.1) is 0 Å². The fourth-order valence-corrected chi connectivity index (χ4v) is 4.19. The van der Waals surface area contributed by atoms with Gasteiger partial charge in [-0.15, -0.1) is 0 Å². The van der Waals surface area contributed by atoms with Crippen LogP contribution < -0.4 is 5.32 Å². The SMILES string of the molecule is CC(C)(C)N1C[C@H]2C[C@@H]1CN2CC1CCNCC1. The molecule has 3 saturated heterocycles. The van der Waals surface area contributed by atoms with Gasteiger partial charge in [0.1, 0.15) is 0 Å². The van der Waals surface area contributed by atoms with Crippen molar-refractivity contribution in [3.8, 4) is 0 Å². The molecule has 0 radical (unpaired) electrons. The van der Waals surface area contributed by atoms with Gasteiger partial charge < -0.3 is 5.32 Å². The van der Waals surface area contributed by atoms with Crippen molar-refractivity contribution < 1.29 is 0 Å². The Morgan fingerprint density at radius 3 is 2.33 bits per heavy atom. The molecular weight excluding hydrogens is 222 g/mol. The maximum atomic E-state index is 3.47. The largest absolute Gasteiger partial charge is 0.317 e. The lowest BCUT2D eigenvalue weighted by molar-refractivity contribution is 0.0488. The molecule has 3 heteroatoms. The number of fused-ring (bicyclic) bond motifs is 2. The molecule has 2 bridgehead atoms. The van der Waals surface area contributed by atoms with Crippen LogP contribution in [0.3, 0.4) is 0 Å². The van der Waals surface area contributed by atoms with E-state index in [9.17, 15) is 0 Å². The van der Waals surface area contributed by atoms with E-state index < -0.39 is 0 Å². The van der Waals surface area contributed by atoms with Crippen molar-refractivity contribution in [2.24, 2.45) is 5.92 Å². The third kappa shape index (κ3) is 2.45. The van der Waals surface area contributed by atoms with Gasteiger partial charge in [0.15, 0.2) is 0 Å². The number of piperidine rings is 1. The number of nitrogens with one attached hydrogen (secondary N) is 1. The minimum absolute atomic E-state index is 0.361. The van der Waals surface area contributed by atoms with Gasteiger partial charge in [0.25, 0.3) is 0 Å². The van der Waals surface area contributed by atoms with Gasteiger partial charge in [0.2, 0.25) is 0 Å². The number of piperazine rings is 1. The van der Waals surface area contributed by atoms with Crippen molar-refractivity contribution in [3.05, 3.63) is 0 Å². The summed E-state index contributed by atoms with van der Waals surface area (Å²) in [5.41, 5.74) is 0.361. The van der Waals surface area contributed by atoms with Crippen LogP contribution in [0.1, 0.15) is 40.0 Å². The molecule has 0 saturated carbocycles. The fourth-order valence-electron chi connectivity index (χ4n) is 4.19. The molecule has 0 aromatic carbocycles. The second-order valence-electron chi connectivity index (χ2n) is 7.51. The van der Waals surface area contributed by atoms with Gasteiger partial charge in [-0.05, 0) is 59.0 Å². The summed E-state index contributed by atoms with van der Waals surface area (Å²) in [6, 6.07) is 1.68. The smallest absolute Gasteiger partial charge is 0.0244 e. The van der Waals surface area contributed by atoms with Crippen LogP contribution in [-0.2, 0) is 0 Å². The van der Waals surface area contributed by atoms with E-state index >= 15 is 0 Å². The number of nitrogens with zero attached hydrogens (tertiary/aromatic N) is 2. The summed E-state index contributed by atoms with van der Waals surface area (Å²) < 4.78 is 0. The molecule has 18 heavy (non-hydrogen) atoms. The molecule has 0 spiro atoms. The maximum absolute atomic E-state index is 3.47. The fraction of sp³-hybridized carbons (Fsp3) is 1.00. The van der Waals surface area contributed by atoms with Crippen LogP contribution in [0.4, 0.5) is 0 Å². The average Bonchev–Trinajstić information content (AvgIpc) is 2.89. The van der Waals surface area contributed by atoms with Crippen molar-refractivity contribution in [1.82, 2.24) is 15.1 Å². The third-order valence-electron chi connectivity index (χ3n) is 5.17. The summed E-state index contributed by atoms with van der Waals surface area (Å²) in [5.74, 6) is 0.952. The lowest BCUT2D eigenvalue weighted by Gasteiger charge is -2.43. The van der Waals surface area contributed by atoms with Crippen LogP contribution in [0.2, 0.25) is 0 Å². The van der Waals surface area contributed by atoms with E-state index in [4.69, 9.17) is 0 Å². The van der Waals surface area contributed by atoms with E-state index in [1.54, 1.807) is 0 Å². The van der Waals surface area contributed by atoms with Gasteiger partial charge in [-0.25, -0.2) is 0 Å². The Balaban J connectivity index is 1.54. The van der Waals surface area contributed by atoms with Crippen molar-refractivity contribution in [3.63, 3.8) is 0 Å². The van der Waals surface area contributed by atoms with Gasteiger partial charge in [-0.2, -0.15) is 0 Å².